The minimum absolute atomic E-state index is 0.0176. The van der Waals surface area contributed by atoms with E-state index in [4.69, 9.17) is 0 Å². The monoisotopic (exact) mass is 210 g/mol. The van der Waals surface area contributed by atoms with Crippen molar-refractivity contribution in [1.29, 1.82) is 0 Å². The number of aliphatic hydroxyl groups is 1. The molecular formula is C14H26O. The van der Waals surface area contributed by atoms with Gasteiger partial charge in [-0.25, -0.2) is 0 Å². The molecule has 2 fully saturated rings. The molecular weight excluding hydrogens is 184 g/mol. The van der Waals surface area contributed by atoms with Gasteiger partial charge in [-0.15, -0.1) is 0 Å². The molecule has 1 heteroatoms. The van der Waals surface area contributed by atoms with Gasteiger partial charge >= 0.3 is 0 Å². The van der Waals surface area contributed by atoms with E-state index in [0.29, 0.717) is 5.41 Å². The van der Waals surface area contributed by atoms with Crippen LogP contribution < -0.4 is 0 Å². The van der Waals surface area contributed by atoms with Gasteiger partial charge < -0.3 is 5.11 Å². The maximum Gasteiger partial charge on any atom is 0.0540 e. The van der Waals surface area contributed by atoms with Gasteiger partial charge in [0.15, 0.2) is 0 Å². The lowest BCUT2D eigenvalue weighted by molar-refractivity contribution is 0.0282. The van der Waals surface area contributed by atoms with E-state index in [9.17, 15) is 5.11 Å². The first-order valence-corrected chi connectivity index (χ1v) is 6.92. The number of rotatable bonds is 2. The Kier molecular flexibility index (Phi) is 3.71. The molecule has 2 aliphatic carbocycles. The molecule has 0 aromatic carbocycles. The summed E-state index contributed by atoms with van der Waals surface area (Å²) in [4.78, 5) is 0. The zero-order chi connectivity index (χ0) is 10.7. The third-order valence-corrected chi connectivity index (χ3v) is 4.88. The van der Waals surface area contributed by atoms with Crippen molar-refractivity contribution in [3.8, 4) is 0 Å². The van der Waals surface area contributed by atoms with Crippen molar-refractivity contribution >= 4 is 0 Å². The highest BCUT2D eigenvalue weighted by molar-refractivity contribution is 4.89. The van der Waals surface area contributed by atoms with Crippen molar-refractivity contribution < 1.29 is 5.11 Å². The van der Waals surface area contributed by atoms with Crippen molar-refractivity contribution in [2.45, 2.75) is 77.2 Å². The number of aliphatic hydroxyl groups excluding tert-OH is 1. The molecule has 2 rings (SSSR count). The van der Waals surface area contributed by atoms with E-state index >= 15 is 0 Å². The fourth-order valence-corrected chi connectivity index (χ4v) is 3.70. The lowest BCUT2D eigenvalue weighted by atomic mass is 9.62. The fourth-order valence-electron chi connectivity index (χ4n) is 3.70. The molecule has 0 bridgehead atoms. The van der Waals surface area contributed by atoms with Crippen LogP contribution >= 0.6 is 0 Å². The predicted octanol–water partition coefficient (Wildman–Crippen LogP) is 3.90. The summed E-state index contributed by atoms with van der Waals surface area (Å²) in [6, 6.07) is 0. The zero-order valence-electron chi connectivity index (χ0n) is 10.2. The van der Waals surface area contributed by atoms with Crippen LogP contribution in [0, 0.1) is 11.3 Å². The zero-order valence-corrected chi connectivity index (χ0v) is 10.2. The average molecular weight is 210 g/mol. The highest BCUT2D eigenvalue weighted by Gasteiger charge is 2.37. The van der Waals surface area contributed by atoms with Crippen LogP contribution in [0.25, 0.3) is 0 Å². The van der Waals surface area contributed by atoms with Gasteiger partial charge in [0.05, 0.1) is 6.10 Å². The first kappa shape index (κ1) is 11.4. The molecule has 2 saturated carbocycles. The van der Waals surface area contributed by atoms with Crippen molar-refractivity contribution in [3.63, 3.8) is 0 Å². The topological polar surface area (TPSA) is 20.2 Å². The molecule has 0 aliphatic heterocycles. The van der Waals surface area contributed by atoms with Gasteiger partial charge in [-0.1, -0.05) is 19.8 Å². The summed E-state index contributed by atoms with van der Waals surface area (Å²) in [7, 11) is 0. The Bertz CT molecular complexity index is 182. The minimum Gasteiger partial charge on any atom is -0.393 e. The van der Waals surface area contributed by atoms with Crippen molar-refractivity contribution in [1.82, 2.24) is 0 Å². The summed E-state index contributed by atoms with van der Waals surface area (Å²) in [5, 5.41) is 9.56. The van der Waals surface area contributed by atoms with Gasteiger partial charge in [0.1, 0.15) is 0 Å². The Hall–Kier alpha value is -0.0400. The maximum absolute atomic E-state index is 9.56. The second-order valence-corrected chi connectivity index (χ2v) is 5.96. The Balaban J connectivity index is 1.81. The smallest absolute Gasteiger partial charge is 0.0540 e. The van der Waals surface area contributed by atoms with Gasteiger partial charge in [0.25, 0.3) is 0 Å². The van der Waals surface area contributed by atoms with Crippen molar-refractivity contribution in [3.05, 3.63) is 0 Å². The summed E-state index contributed by atoms with van der Waals surface area (Å²) in [5.41, 5.74) is 0.656. The molecule has 1 nitrogen and oxygen atoms in total. The normalized spacial score (nSPS) is 42.0. The van der Waals surface area contributed by atoms with Crippen molar-refractivity contribution in [2.24, 2.45) is 11.3 Å². The van der Waals surface area contributed by atoms with Gasteiger partial charge in [-0.2, -0.15) is 0 Å². The molecule has 0 atom stereocenters. The standard InChI is InChI=1S/C14H26O/c1-2-3-12-4-8-14(9-5-12)10-6-13(15)7-11-14/h12-13,15H,2-11H2,1H3. The summed E-state index contributed by atoms with van der Waals surface area (Å²) >= 11 is 0. The van der Waals surface area contributed by atoms with E-state index in [-0.39, 0.29) is 6.10 Å². The van der Waals surface area contributed by atoms with Crippen LogP contribution in [-0.2, 0) is 0 Å². The molecule has 2 aliphatic rings. The Labute approximate surface area is 94.3 Å². The summed E-state index contributed by atoms with van der Waals surface area (Å²) in [5.74, 6) is 1.02. The molecule has 0 amide bonds. The van der Waals surface area contributed by atoms with E-state index in [2.05, 4.69) is 6.92 Å². The third kappa shape index (κ3) is 2.75. The second kappa shape index (κ2) is 4.86. The first-order valence-electron chi connectivity index (χ1n) is 6.92. The molecule has 1 N–H and O–H groups in total. The summed E-state index contributed by atoms with van der Waals surface area (Å²) in [6.45, 7) is 2.31. The van der Waals surface area contributed by atoms with E-state index in [1.165, 1.54) is 51.4 Å². The lowest BCUT2D eigenvalue weighted by Gasteiger charge is -2.44. The first-order chi connectivity index (χ1) is 7.24. The Morgan fingerprint density at radius 3 is 2.07 bits per heavy atom. The average Bonchev–Trinajstić information content (AvgIpc) is 2.27. The van der Waals surface area contributed by atoms with Gasteiger partial charge in [-0.3, -0.25) is 0 Å². The van der Waals surface area contributed by atoms with Crippen LogP contribution in [0.4, 0.5) is 0 Å². The van der Waals surface area contributed by atoms with Crippen LogP contribution in [0.2, 0.25) is 0 Å². The highest BCUT2D eigenvalue weighted by Crippen LogP contribution is 2.49. The second-order valence-electron chi connectivity index (χ2n) is 5.96. The van der Waals surface area contributed by atoms with Gasteiger partial charge in [0.2, 0.25) is 0 Å². The SMILES string of the molecule is CCCC1CCC2(CCC(O)CC2)CC1. The lowest BCUT2D eigenvalue weighted by Crippen LogP contribution is -2.33. The predicted molar refractivity (Wildman–Crippen MR) is 63.8 cm³/mol. The molecule has 0 unspecified atom stereocenters. The van der Waals surface area contributed by atoms with Gasteiger partial charge in [-0.05, 0) is 62.7 Å². The maximum atomic E-state index is 9.56. The number of hydrogen-bond acceptors (Lipinski definition) is 1. The van der Waals surface area contributed by atoms with Crippen molar-refractivity contribution in [2.75, 3.05) is 0 Å². The molecule has 0 radical (unpaired) electrons. The molecule has 1 spiro atoms. The largest absolute Gasteiger partial charge is 0.393 e. The van der Waals surface area contributed by atoms with E-state index < -0.39 is 0 Å². The minimum atomic E-state index is 0.0176. The van der Waals surface area contributed by atoms with Crippen LogP contribution in [0.15, 0.2) is 0 Å². The van der Waals surface area contributed by atoms with Crippen LogP contribution in [0.5, 0.6) is 0 Å². The van der Waals surface area contributed by atoms with Gasteiger partial charge in [0, 0.05) is 0 Å². The molecule has 0 aromatic rings. The Morgan fingerprint density at radius 2 is 1.53 bits per heavy atom. The van der Waals surface area contributed by atoms with Crippen LogP contribution in [0.3, 0.4) is 0 Å². The third-order valence-electron chi connectivity index (χ3n) is 4.88. The molecule has 15 heavy (non-hydrogen) atoms. The molecule has 0 heterocycles. The number of hydrogen-bond donors (Lipinski definition) is 1. The van der Waals surface area contributed by atoms with E-state index in [1.807, 2.05) is 0 Å². The highest BCUT2D eigenvalue weighted by atomic mass is 16.3. The molecule has 0 aromatic heterocycles. The van der Waals surface area contributed by atoms with E-state index in [0.717, 1.165) is 18.8 Å². The Morgan fingerprint density at radius 1 is 1.00 bits per heavy atom. The summed E-state index contributed by atoms with van der Waals surface area (Å²) < 4.78 is 0. The van der Waals surface area contributed by atoms with Crippen LogP contribution in [0.1, 0.15) is 71.1 Å². The van der Waals surface area contributed by atoms with E-state index in [1.54, 1.807) is 0 Å². The molecule has 88 valence electrons. The quantitative estimate of drug-likeness (QED) is 0.733. The molecule has 0 saturated heterocycles. The van der Waals surface area contributed by atoms with Crippen LogP contribution in [-0.4, -0.2) is 11.2 Å². The summed E-state index contributed by atoms with van der Waals surface area (Å²) in [6.07, 6.45) is 13.4. The fraction of sp³-hybridized carbons (Fsp3) is 1.00.